The summed E-state index contributed by atoms with van der Waals surface area (Å²) in [7, 11) is 0. The van der Waals surface area contributed by atoms with Crippen molar-refractivity contribution in [2.24, 2.45) is 0 Å². The van der Waals surface area contributed by atoms with Crippen molar-refractivity contribution >= 4 is 17.7 Å². The first-order valence-electron chi connectivity index (χ1n) is 6.93. The van der Waals surface area contributed by atoms with Crippen LogP contribution in [0.2, 0.25) is 0 Å². The van der Waals surface area contributed by atoms with E-state index in [-0.39, 0.29) is 5.56 Å². The van der Waals surface area contributed by atoms with Crippen molar-refractivity contribution in [3.05, 3.63) is 72.1 Å². The fourth-order valence-electron chi connectivity index (χ4n) is 2.01. The third kappa shape index (κ3) is 3.52. The number of amides is 1. The van der Waals surface area contributed by atoms with Crippen LogP contribution in [0.25, 0.3) is 17.5 Å². The maximum absolute atomic E-state index is 13.5. The molecule has 5 nitrogen and oxygen atoms in total. The van der Waals surface area contributed by atoms with Gasteiger partial charge in [-0.05, 0) is 42.5 Å². The van der Waals surface area contributed by atoms with E-state index in [0.29, 0.717) is 17.1 Å². The highest BCUT2D eigenvalue weighted by Crippen LogP contribution is 2.19. The van der Waals surface area contributed by atoms with Gasteiger partial charge in [-0.25, -0.2) is 8.78 Å². The maximum Gasteiger partial charge on any atom is 0.248 e. The van der Waals surface area contributed by atoms with Gasteiger partial charge in [0.15, 0.2) is 0 Å². The fourth-order valence-corrected chi connectivity index (χ4v) is 2.01. The summed E-state index contributed by atoms with van der Waals surface area (Å²) in [6.07, 6.45) is 3.37. The summed E-state index contributed by atoms with van der Waals surface area (Å²) in [5, 5.41) is 9.94. The molecule has 0 saturated carbocycles. The number of carbonyl (C=O) groups excluding carboxylic acids is 1. The number of anilines is 1. The summed E-state index contributed by atoms with van der Waals surface area (Å²) in [6.45, 7) is 0. The third-order valence-corrected chi connectivity index (χ3v) is 3.16. The molecule has 1 heterocycles. The standard InChI is InChI=1S/C17H11F2N3O2/c18-14-2-1-3-15(19)13(14)8-9-16(23)21-12-6-4-11(5-7-12)17-22-20-10-24-17/h1-10H,(H,21,23)/b9-8+. The van der Waals surface area contributed by atoms with Crippen LogP contribution >= 0.6 is 0 Å². The second-order valence-corrected chi connectivity index (χ2v) is 4.78. The normalized spacial score (nSPS) is 10.9. The summed E-state index contributed by atoms with van der Waals surface area (Å²) in [5.41, 5.74) is 0.954. The number of hydrogen-bond donors (Lipinski definition) is 1. The molecular weight excluding hydrogens is 316 g/mol. The van der Waals surface area contributed by atoms with E-state index in [4.69, 9.17) is 4.42 Å². The fraction of sp³-hybridized carbons (Fsp3) is 0. The number of halogens is 2. The van der Waals surface area contributed by atoms with Gasteiger partial charge in [-0.3, -0.25) is 4.79 Å². The Morgan fingerprint density at radius 2 is 1.79 bits per heavy atom. The van der Waals surface area contributed by atoms with E-state index in [1.807, 2.05) is 0 Å². The highest BCUT2D eigenvalue weighted by Gasteiger charge is 2.06. The SMILES string of the molecule is O=C(/C=C/c1c(F)cccc1F)Nc1ccc(-c2nnco2)cc1. The molecule has 0 atom stereocenters. The molecule has 0 aliphatic rings. The van der Waals surface area contributed by atoms with E-state index in [2.05, 4.69) is 15.5 Å². The molecule has 120 valence electrons. The molecule has 7 heteroatoms. The number of nitrogens with zero attached hydrogens (tertiary/aromatic N) is 2. The van der Waals surface area contributed by atoms with Crippen LogP contribution in [0.1, 0.15) is 5.56 Å². The first-order valence-corrected chi connectivity index (χ1v) is 6.93. The van der Waals surface area contributed by atoms with Crippen molar-refractivity contribution in [3.8, 4) is 11.5 Å². The van der Waals surface area contributed by atoms with E-state index < -0.39 is 17.5 Å². The largest absolute Gasteiger partial charge is 0.423 e. The summed E-state index contributed by atoms with van der Waals surface area (Å²) in [4.78, 5) is 11.8. The summed E-state index contributed by atoms with van der Waals surface area (Å²) in [5.74, 6) is -1.61. The first kappa shape index (κ1) is 15.5. The zero-order chi connectivity index (χ0) is 16.9. The molecular formula is C17H11F2N3O2. The van der Waals surface area contributed by atoms with Gasteiger partial charge < -0.3 is 9.73 Å². The second-order valence-electron chi connectivity index (χ2n) is 4.78. The Balaban J connectivity index is 1.68. The minimum absolute atomic E-state index is 0.264. The average molecular weight is 327 g/mol. The van der Waals surface area contributed by atoms with E-state index in [9.17, 15) is 13.6 Å². The van der Waals surface area contributed by atoms with Gasteiger partial charge in [0, 0.05) is 22.9 Å². The predicted octanol–water partition coefficient (Wildman–Crippen LogP) is 3.67. The van der Waals surface area contributed by atoms with Crippen LogP contribution < -0.4 is 5.32 Å². The molecule has 1 amide bonds. The Labute approximate surface area is 135 Å². The first-order chi connectivity index (χ1) is 11.6. The lowest BCUT2D eigenvalue weighted by Gasteiger charge is -2.03. The van der Waals surface area contributed by atoms with Gasteiger partial charge in [0.05, 0.1) is 0 Å². The third-order valence-electron chi connectivity index (χ3n) is 3.16. The zero-order valence-corrected chi connectivity index (χ0v) is 12.2. The van der Waals surface area contributed by atoms with Crippen LogP contribution in [-0.4, -0.2) is 16.1 Å². The number of nitrogens with one attached hydrogen (secondary N) is 1. The molecule has 2 aromatic carbocycles. The molecule has 3 aromatic rings. The van der Waals surface area contributed by atoms with Gasteiger partial charge in [0.1, 0.15) is 11.6 Å². The van der Waals surface area contributed by atoms with Gasteiger partial charge in [0.25, 0.3) is 0 Å². The Morgan fingerprint density at radius 3 is 2.42 bits per heavy atom. The molecule has 0 unspecified atom stereocenters. The molecule has 24 heavy (non-hydrogen) atoms. The highest BCUT2D eigenvalue weighted by molar-refractivity contribution is 6.02. The van der Waals surface area contributed by atoms with Crippen LogP contribution in [-0.2, 0) is 4.79 Å². The molecule has 0 fully saturated rings. The summed E-state index contributed by atoms with van der Waals surface area (Å²) in [6, 6.07) is 10.2. The Kier molecular flexibility index (Phi) is 4.42. The predicted molar refractivity (Wildman–Crippen MR) is 83.8 cm³/mol. The minimum Gasteiger partial charge on any atom is -0.423 e. The molecule has 1 aromatic heterocycles. The van der Waals surface area contributed by atoms with Crippen LogP contribution in [0.4, 0.5) is 14.5 Å². The van der Waals surface area contributed by atoms with Crippen molar-refractivity contribution in [1.29, 1.82) is 0 Å². The van der Waals surface area contributed by atoms with Gasteiger partial charge in [-0.15, -0.1) is 10.2 Å². The number of benzene rings is 2. The Morgan fingerprint density at radius 1 is 1.08 bits per heavy atom. The molecule has 0 bridgehead atoms. The summed E-state index contributed by atoms with van der Waals surface area (Å²) >= 11 is 0. The monoisotopic (exact) mass is 327 g/mol. The Bertz CT molecular complexity index is 855. The van der Waals surface area contributed by atoms with Crippen molar-refractivity contribution in [1.82, 2.24) is 10.2 Å². The van der Waals surface area contributed by atoms with E-state index >= 15 is 0 Å². The van der Waals surface area contributed by atoms with Crippen molar-refractivity contribution in [3.63, 3.8) is 0 Å². The minimum atomic E-state index is -0.733. The molecule has 0 radical (unpaired) electrons. The van der Waals surface area contributed by atoms with E-state index in [1.165, 1.54) is 12.5 Å². The second kappa shape index (κ2) is 6.82. The van der Waals surface area contributed by atoms with Gasteiger partial charge in [0.2, 0.25) is 18.2 Å². The van der Waals surface area contributed by atoms with Crippen LogP contribution in [0.15, 0.2) is 59.4 Å². The van der Waals surface area contributed by atoms with Gasteiger partial charge >= 0.3 is 0 Å². The lowest BCUT2D eigenvalue weighted by atomic mass is 10.2. The molecule has 0 aliphatic carbocycles. The zero-order valence-electron chi connectivity index (χ0n) is 12.2. The quantitative estimate of drug-likeness (QED) is 0.743. The number of rotatable bonds is 4. The van der Waals surface area contributed by atoms with Crippen molar-refractivity contribution in [2.75, 3.05) is 5.32 Å². The molecule has 0 aliphatic heterocycles. The average Bonchev–Trinajstić information content (AvgIpc) is 3.09. The van der Waals surface area contributed by atoms with Crippen LogP contribution in [0, 0.1) is 11.6 Å². The highest BCUT2D eigenvalue weighted by atomic mass is 19.1. The molecule has 3 rings (SSSR count). The topological polar surface area (TPSA) is 68.0 Å². The lowest BCUT2D eigenvalue weighted by Crippen LogP contribution is -2.07. The van der Waals surface area contributed by atoms with Crippen LogP contribution in [0.5, 0.6) is 0 Å². The van der Waals surface area contributed by atoms with Crippen molar-refractivity contribution < 1.29 is 18.0 Å². The number of hydrogen-bond acceptors (Lipinski definition) is 4. The summed E-state index contributed by atoms with van der Waals surface area (Å²) < 4.78 is 32.0. The number of aromatic nitrogens is 2. The van der Waals surface area contributed by atoms with Crippen LogP contribution in [0.3, 0.4) is 0 Å². The van der Waals surface area contributed by atoms with Gasteiger partial charge in [-0.2, -0.15) is 0 Å². The molecule has 0 saturated heterocycles. The Hall–Kier alpha value is -3.35. The van der Waals surface area contributed by atoms with Crippen molar-refractivity contribution in [2.45, 2.75) is 0 Å². The van der Waals surface area contributed by atoms with E-state index in [1.54, 1.807) is 24.3 Å². The van der Waals surface area contributed by atoms with E-state index in [0.717, 1.165) is 24.3 Å². The number of carbonyl (C=O) groups is 1. The molecule has 0 spiro atoms. The lowest BCUT2D eigenvalue weighted by molar-refractivity contribution is -0.111. The van der Waals surface area contributed by atoms with Gasteiger partial charge in [-0.1, -0.05) is 6.07 Å². The smallest absolute Gasteiger partial charge is 0.248 e. The maximum atomic E-state index is 13.5. The molecule has 1 N–H and O–H groups in total.